The van der Waals surface area contributed by atoms with E-state index in [1.165, 1.54) is 11.3 Å². The summed E-state index contributed by atoms with van der Waals surface area (Å²) in [6, 6.07) is 7.78. The van der Waals surface area contributed by atoms with Gasteiger partial charge in [0.05, 0.1) is 17.5 Å². The molecule has 3 rings (SSSR count). The number of nitrogens with zero attached hydrogens (tertiary/aromatic N) is 5. The molecule has 0 saturated carbocycles. The number of nitrogen functional groups attached to an aromatic ring is 1. The molecule has 3 heterocycles. The smallest absolute Gasteiger partial charge is 0.222 e. The van der Waals surface area contributed by atoms with Crippen LogP contribution in [0.2, 0.25) is 0 Å². The van der Waals surface area contributed by atoms with Crippen LogP contribution in [-0.4, -0.2) is 26.5 Å². The van der Waals surface area contributed by atoms with Gasteiger partial charge in [-0.2, -0.15) is 5.26 Å². The molecule has 3 N–H and O–H groups in total. The molecule has 7 nitrogen and oxygen atoms in total. The molecule has 0 fully saturated rings. The van der Waals surface area contributed by atoms with Crippen molar-refractivity contribution in [3.63, 3.8) is 0 Å². The molecule has 0 aliphatic carbocycles. The Morgan fingerprint density at radius 3 is 2.85 bits per heavy atom. The zero-order valence-corrected chi connectivity index (χ0v) is 15.2. The van der Waals surface area contributed by atoms with Gasteiger partial charge in [0.2, 0.25) is 5.95 Å². The number of nitrogens with two attached hydrogens (primary N) is 1. The lowest BCUT2D eigenvalue weighted by atomic mass is 10.1. The molecule has 0 saturated heterocycles. The van der Waals surface area contributed by atoms with E-state index in [-0.39, 0.29) is 0 Å². The van der Waals surface area contributed by atoms with E-state index in [0.29, 0.717) is 24.0 Å². The van der Waals surface area contributed by atoms with Gasteiger partial charge in [-0.15, -0.1) is 11.3 Å². The van der Waals surface area contributed by atoms with Gasteiger partial charge in [-0.1, -0.05) is 13.0 Å². The predicted octanol–water partition coefficient (Wildman–Crippen LogP) is 2.78. The SMILES string of the molecule is CCc1csc(C(C#N)c2ccnc(NCCc3ccc(N)nc3)n2)n1. The van der Waals surface area contributed by atoms with Crippen LogP contribution in [0.15, 0.2) is 36.0 Å². The molecule has 8 heteroatoms. The number of hydrogen-bond donors (Lipinski definition) is 2. The van der Waals surface area contributed by atoms with Crippen LogP contribution in [0.3, 0.4) is 0 Å². The fourth-order valence-electron chi connectivity index (χ4n) is 2.39. The summed E-state index contributed by atoms with van der Waals surface area (Å²) in [5.41, 5.74) is 8.31. The first-order valence-electron chi connectivity index (χ1n) is 8.30. The molecule has 3 aromatic heterocycles. The van der Waals surface area contributed by atoms with Gasteiger partial charge >= 0.3 is 0 Å². The van der Waals surface area contributed by atoms with Crippen molar-refractivity contribution < 1.29 is 0 Å². The Kier molecular flexibility index (Phi) is 5.71. The molecule has 0 aliphatic rings. The molecular weight excluding hydrogens is 346 g/mol. The summed E-state index contributed by atoms with van der Waals surface area (Å²) in [7, 11) is 0. The van der Waals surface area contributed by atoms with Crippen molar-refractivity contribution in [2.45, 2.75) is 25.7 Å². The van der Waals surface area contributed by atoms with E-state index in [1.54, 1.807) is 24.5 Å². The van der Waals surface area contributed by atoms with Crippen LogP contribution < -0.4 is 11.1 Å². The fourth-order valence-corrected chi connectivity index (χ4v) is 3.34. The van der Waals surface area contributed by atoms with Crippen LogP contribution in [0.4, 0.5) is 11.8 Å². The van der Waals surface area contributed by atoms with Crippen molar-refractivity contribution in [2.24, 2.45) is 0 Å². The minimum absolute atomic E-state index is 0.481. The molecule has 0 bridgehead atoms. The molecule has 0 radical (unpaired) electrons. The summed E-state index contributed by atoms with van der Waals surface area (Å²) in [6.45, 7) is 2.70. The predicted molar refractivity (Wildman–Crippen MR) is 102 cm³/mol. The highest BCUT2D eigenvalue weighted by atomic mass is 32.1. The maximum Gasteiger partial charge on any atom is 0.222 e. The lowest BCUT2D eigenvalue weighted by molar-refractivity contribution is 0.901. The molecule has 1 unspecified atom stereocenters. The maximum absolute atomic E-state index is 9.57. The summed E-state index contributed by atoms with van der Waals surface area (Å²) in [5.74, 6) is 0.525. The lowest BCUT2D eigenvalue weighted by Gasteiger charge is -2.09. The van der Waals surface area contributed by atoms with E-state index < -0.39 is 5.92 Å². The van der Waals surface area contributed by atoms with E-state index in [2.05, 4.69) is 31.3 Å². The molecule has 0 amide bonds. The quantitative estimate of drug-likeness (QED) is 0.662. The van der Waals surface area contributed by atoms with Gasteiger partial charge in [0.1, 0.15) is 16.7 Å². The minimum atomic E-state index is -0.481. The third-order valence-corrected chi connectivity index (χ3v) is 4.78. The molecule has 0 aromatic carbocycles. The monoisotopic (exact) mass is 365 g/mol. The number of rotatable bonds is 7. The van der Waals surface area contributed by atoms with Gasteiger partial charge in [-0.3, -0.25) is 0 Å². The third-order valence-electron chi connectivity index (χ3n) is 3.83. The number of aromatic nitrogens is 4. The van der Waals surface area contributed by atoms with Gasteiger partial charge < -0.3 is 11.1 Å². The van der Waals surface area contributed by atoms with Crippen molar-refractivity contribution in [1.29, 1.82) is 5.26 Å². The number of nitriles is 1. The number of thiazole rings is 1. The van der Waals surface area contributed by atoms with E-state index in [9.17, 15) is 5.26 Å². The first kappa shape index (κ1) is 17.8. The zero-order chi connectivity index (χ0) is 18.4. The Labute approximate surface area is 156 Å². The van der Waals surface area contributed by atoms with Crippen LogP contribution in [-0.2, 0) is 12.8 Å². The third kappa shape index (κ3) is 4.32. The molecule has 132 valence electrons. The van der Waals surface area contributed by atoms with Crippen LogP contribution in [0.25, 0.3) is 0 Å². The molecule has 0 spiro atoms. The van der Waals surface area contributed by atoms with Crippen LogP contribution >= 0.6 is 11.3 Å². The molecular formula is C18H19N7S. The maximum atomic E-state index is 9.57. The highest BCUT2D eigenvalue weighted by Crippen LogP contribution is 2.26. The first-order valence-corrected chi connectivity index (χ1v) is 9.18. The Morgan fingerprint density at radius 1 is 1.27 bits per heavy atom. The standard InChI is InChI=1S/C18H19N7S/c1-2-13-11-26-17(24-13)14(9-19)15-6-8-22-18(25-15)21-7-5-12-3-4-16(20)23-10-12/h3-4,6,8,10-11,14H,2,5,7H2,1H3,(H2,20,23)(H,21,22,25). The number of nitrogens with one attached hydrogen (secondary N) is 1. The van der Waals surface area contributed by atoms with E-state index >= 15 is 0 Å². The van der Waals surface area contributed by atoms with Crippen LogP contribution in [0.5, 0.6) is 0 Å². The highest BCUT2D eigenvalue weighted by Gasteiger charge is 2.19. The summed E-state index contributed by atoms with van der Waals surface area (Å²) < 4.78 is 0. The second-order valence-corrected chi connectivity index (χ2v) is 6.56. The molecule has 26 heavy (non-hydrogen) atoms. The summed E-state index contributed by atoms with van der Waals surface area (Å²) in [4.78, 5) is 17.3. The van der Waals surface area contributed by atoms with Gasteiger partial charge in [0, 0.05) is 24.3 Å². The van der Waals surface area contributed by atoms with Crippen molar-refractivity contribution >= 4 is 23.1 Å². The average Bonchev–Trinajstić information content (AvgIpc) is 3.13. The van der Waals surface area contributed by atoms with Crippen molar-refractivity contribution in [3.8, 4) is 6.07 Å². The molecule has 1 atom stereocenters. The molecule has 0 aliphatic heterocycles. The second-order valence-electron chi connectivity index (χ2n) is 5.67. The highest BCUT2D eigenvalue weighted by molar-refractivity contribution is 7.09. The van der Waals surface area contributed by atoms with Crippen molar-refractivity contribution in [3.05, 3.63) is 57.9 Å². The Hall–Kier alpha value is -3.05. The number of anilines is 2. The largest absolute Gasteiger partial charge is 0.384 e. The van der Waals surface area contributed by atoms with Gasteiger partial charge in [0.25, 0.3) is 0 Å². The van der Waals surface area contributed by atoms with Crippen molar-refractivity contribution in [2.75, 3.05) is 17.6 Å². The minimum Gasteiger partial charge on any atom is -0.384 e. The van der Waals surface area contributed by atoms with Gasteiger partial charge in [-0.05, 0) is 30.5 Å². The Bertz CT molecular complexity index is 898. The number of aryl methyl sites for hydroxylation is 1. The van der Waals surface area contributed by atoms with Crippen LogP contribution in [0.1, 0.15) is 34.8 Å². The van der Waals surface area contributed by atoms with E-state index in [4.69, 9.17) is 5.73 Å². The fraction of sp³-hybridized carbons (Fsp3) is 0.278. The lowest BCUT2D eigenvalue weighted by Crippen LogP contribution is -2.10. The van der Waals surface area contributed by atoms with Gasteiger partial charge in [-0.25, -0.2) is 19.9 Å². The topological polar surface area (TPSA) is 113 Å². The molecule has 3 aromatic rings. The number of pyridine rings is 1. The first-order chi connectivity index (χ1) is 12.7. The Balaban J connectivity index is 1.67. The Morgan fingerprint density at radius 2 is 2.15 bits per heavy atom. The van der Waals surface area contributed by atoms with Crippen molar-refractivity contribution in [1.82, 2.24) is 19.9 Å². The summed E-state index contributed by atoms with van der Waals surface area (Å²) in [5, 5.41) is 15.5. The zero-order valence-electron chi connectivity index (χ0n) is 14.4. The average molecular weight is 365 g/mol. The normalized spacial score (nSPS) is 11.7. The van der Waals surface area contributed by atoms with E-state index in [1.807, 2.05) is 18.4 Å². The van der Waals surface area contributed by atoms with Crippen LogP contribution in [0, 0.1) is 11.3 Å². The number of hydrogen-bond acceptors (Lipinski definition) is 8. The summed E-state index contributed by atoms with van der Waals surface area (Å²) >= 11 is 1.49. The van der Waals surface area contributed by atoms with Gasteiger partial charge in [0.15, 0.2) is 0 Å². The second kappa shape index (κ2) is 8.36. The van der Waals surface area contributed by atoms with E-state index in [0.717, 1.165) is 29.1 Å². The summed E-state index contributed by atoms with van der Waals surface area (Å²) in [6.07, 6.45) is 5.04.